The van der Waals surface area contributed by atoms with Gasteiger partial charge in [0, 0.05) is 5.56 Å². The van der Waals surface area contributed by atoms with Crippen molar-refractivity contribution < 1.29 is 9.47 Å². The van der Waals surface area contributed by atoms with E-state index in [1.807, 2.05) is 18.2 Å². The Morgan fingerprint density at radius 2 is 2.06 bits per heavy atom. The van der Waals surface area contributed by atoms with Crippen molar-refractivity contribution >= 4 is 11.6 Å². The Labute approximate surface area is 108 Å². The van der Waals surface area contributed by atoms with Crippen LogP contribution in [0.1, 0.15) is 31.2 Å². The zero-order chi connectivity index (χ0) is 12.1. The molecule has 1 saturated carbocycles. The topological polar surface area (TPSA) is 18.5 Å². The average molecular weight is 255 g/mol. The summed E-state index contributed by atoms with van der Waals surface area (Å²) in [6, 6.07) is 5.81. The second-order valence-electron chi connectivity index (χ2n) is 4.57. The molecule has 0 N–H and O–H groups in total. The van der Waals surface area contributed by atoms with Crippen LogP contribution in [-0.4, -0.2) is 13.7 Å². The van der Waals surface area contributed by atoms with E-state index in [0.29, 0.717) is 5.88 Å². The molecule has 0 bridgehead atoms. The molecule has 1 fully saturated rings. The molecule has 0 heterocycles. The highest BCUT2D eigenvalue weighted by Crippen LogP contribution is 2.29. The third-order valence-corrected chi connectivity index (χ3v) is 3.65. The molecule has 2 rings (SSSR count). The SMILES string of the molecule is COc1ccc(OCC2CCCC2)c(CCl)c1. The van der Waals surface area contributed by atoms with Gasteiger partial charge in [0.25, 0.3) is 0 Å². The Balaban J connectivity index is 1.98. The second kappa shape index (κ2) is 6.15. The van der Waals surface area contributed by atoms with Crippen LogP contribution in [0.3, 0.4) is 0 Å². The first-order valence-corrected chi connectivity index (χ1v) is 6.72. The molecule has 94 valence electrons. The number of methoxy groups -OCH3 is 1. The fourth-order valence-electron chi connectivity index (χ4n) is 2.31. The summed E-state index contributed by atoms with van der Waals surface area (Å²) in [7, 11) is 1.66. The summed E-state index contributed by atoms with van der Waals surface area (Å²) in [5.74, 6) is 2.90. The van der Waals surface area contributed by atoms with Crippen molar-refractivity contribution in [3.05, 3.63) is 23.8 Å². The number of alkyl halides is 1. The molecule has 1 aliphatic carbocycles. The summed E-state index contributed by atoms with van der Waals surface area (Å²) < 4.78 is 11.0. The van der Waals surface area contributed by atoms with Crippen LogP contribution in [0.15, 0.2) is 18.2 Å². The van der Waals surface area contributed by atoms with Crippen LogP contribution in [0.25, 0.3) is 0 Å². The van der Waals surface area contributed by atoms with Gasteiger partial charge < -0.3 is 9.47 Å². The van der Waals surface area contributed by atoms with E-state index < -0.39 is 0 Å². The van der Waals surface area contributed by atoms with Gasteiger partial charge in [-0.3, -0.25) is 0 Å². The Kier molecular flexibility index (Phi) is 4.55. The average Bonchev–Trinajstić information content (AvgIpc) is 2.89. The van der Waals surface area contributed by atoms with Gasteiger partial charge in [-0.1, -0.05) is 12.8 Å². The van der Waals surface area contributed by atoms with E-state index in [0.717, 1.165) is 29.6 Å². The van der Waals surface area contributed by atoms with Crippen molar-refractivity contribution in [1.82, 2.24) is 0 Å². The molecule has 3 heteroatoms. The predicted molar refractivity (Wildman–Crippen MR) is 70.0 cm³/mol. The quantitative estimate of drug-likeness (QED) is 0.740. The molecule has 0 radical (unpaired) electrons. The highest BCUT2D eigenvalue weighted by molar-refractivity contribution is 6.17. The largest absolute Gasteiger partial charge is 0.497 e. The third kappa shape index (κ3) is 3.29. The fourth-order valence-corrected chi connectivity index (χ4v) is 2.52. The summed E-state index contributed by atoms with van der Waals surface area (Å²) >= 11 is 5.92. The lowest BCUT2D eigenvalue weighted by Crippen LogP contribution is -2.09. The highest BCUT2D eigenvalue weighted by Gasteiger charge is 2.16. The van der Waals surface area contributed by atoms with Gasteiger partial charge in [-0.25, -0.2) is 0 Å². The van der Waals surface area contributed by atoms with E-state index in [4.69, 9.17) is 21.1 Å². The summed E-state index contributed by atoms with van der Waals surface area (Å²) in [5, 5.41) is 0. The predicted octanol–water partition coefficient (Wildman–Crippen LogP) is 4.00. The summed E-state index contributed by atoms with van der Waals surface area (Å²) in [6.45, 7) is 0.816. The van der Waals surface area contributed by atoms with Crippen molar-refractivity contribution in [3.63, 3.8) is 0 Å². The van der Waals surface area contributed by atoms with Crippen LogP contribution >= 0.6 is 11.6 Å². The monoisotopic (exact) mass is 254 g/mol. The van der Waals surface area contributed by atoms with Crippen LogP contribution < -0.4 is 9.47 Å². The lowest BCUT2D eigenvalue weighted by molar-refractivity contribution is 0.250. The molecule has 0 aromatic heterocycles. The minimum atomic E-state index is 0.456. The number of benzene rings is 1. The van der Waals surface area contributed by atoms with Crippen molar-refractivity contribution in [1.29, 1.82) is 0 Å². The van der Waals surface area contributed by atoms with Crippen molar-refractivity contribution in [2.75, 3.05) is 13.7 Å². The Hall–Kier alpha value is -0.890. The van der Waals surface area contributed by atoms with E-state index in [-0.39, 0.29) is 0 Å². The fraction of sp³-hybridized carbons (Fsp3) is 0.571. The molecule has 2 nitrogen and oxygen atoms in total. The third-order valence-electron chi connectivity index (χ3n) is 3.36. The number of ether oxygens (including phenoxy) is 2. The first kappa shape index (κ1) is 12.6. The molecular formula is C14H19ClO2. The van der Waals surface area contributed by atoms with Crippen molar-refractivity contribution in [2.24, 2.45) is 5.92 Å². The smallest absolute Gasteiger partial charge is 0.123 e. The Morgan fingerprint density at radius 1 is 1.29 bits per heavy atom. The van der Waals surface area contributed by atoms with Gasteiger partial charge in [-0.15, -0.1) is 11.6 Å². The Morgan fingerprint density at radius 3 is 2.71 bits per heavy atom. The van der Waals surface area contributed by atoms with E-state index in [9.17, 15) is 0 Å². The summed E-state index contributed by atoms with van der Waals surface area (Å²) in [5.41, 5.74) is 1.00. The molecule has 0 saturated heterocycles. The standard InChI is InChI=1S/C14H19ClO2/c1-16-13-6-7-14(12(8-13)9-15)17-10-11-4-2-3-5-11/h6-8,11H,2-5,9-10H2,1H3. The maximum Gasteiger partial charge on any atom is 0.123 e. The van der Waals surface area contributed by atoms with E-state index in [1.54, 1.807) is 7.11 Å². The highest BCUT2D eigenvalue weighted by atomic mass is 35.5. The van der Waals surface area contributed by atoms with Gasteiger partial charge >= 0.3 is 0 Å². The molecule has 0 spiro atoms. The molecule has 0 amide bonds. The van der Waals surface area contributed by atoms with Gasteiger partial charge in [-0.2, -0.15) is 0 Å². The van der Waals surface area contributed by atoms with Gasteiger partial charge in [0.2, 0.25) is 0 Å². The first-order valence-electron chi connectivity index (χ1n) is 6.19. The number of halogens is 1. The molecule has 17 heavy (non-hydrogen) atoms. The number of rotatable bonds is 5. The molecular weight excluding hydrogens is 236 g/mol. The first-order chi connectivity index (χ1) is 8.33. The lowest BCUT2D eigenvalue weighted by atomic mass is 10.1. The molecule has 0 atom stereocenters. The van der Waals surface area contributed by atoms with E-state index >= 15 is 0 Å². The molecule has 1 aromatic rings. The molecule has 1 aromatic carbocycles. The van der Waals surface area contributed by atoms with Crippen LogP contribution in [-0.2, 0) is 5.88 Å². The minimum absolute atomic E-state index is 0.456. The van der Waals surface area contributed by atoms with Crippen molar-refractivity contribution in [3.8, 4) is 11.5 Å². The van der Waals surface area contributed by atoms with Crippen LogP contribution in [0.2, 0.25) is 0 Å². The van der Waals surface area contributed by atoms with Crippen molar-refractivity contribution in [2.45, 2.75) is 31.6 Å². The number of hydrogen-bond donors (Lipinski definition) is 0. The number of hydrogen-bond acceptors (Lipinski definition) is 2. The molecule has 1 aliphatic rings. The molecule has 0 unspecified atom stereocenters. The summed E-state index contributed by atoms with van der Waals surface area (Å²) in [6.07, 6.45) is 5.29. The van der Waals surface area contributed by atoms with Gasteiger partial charge in [0.15, 0.2) is 0 Å². The van der Waals surface area contributed by atoms with E-state index in [1.165, 1.54) is 25.7 Å². The Bertz CT molecular complexity index is 359. The van der Waals surface area contributed by atoms with Crippen LogP contribution in [0, 0.1) is 5.92 Å². The zero-order valence-corrected chi connectivity index (χ0v) is 11.0. The normalized spacial score (nSPS) is 16.1. The van der Waals surface area contributed by atoms with E-state index in [2.05, 4.69) is 0 Å². The summed E-state index contributed by atoms with van der Waals surface area (Å²) in [4.78, 5) is 0. The maximum absolute atomic E-state index is 5.92. The van der Waals surface area contributed by atoms with Gasteiger partial charge in [0.1, 0.15) is 11.5 Å². The van der Waals surface area contributed by atoms with Crippen LogP contribution in [0.5, 0.6) is 11.5 Å². The van der Waals surface area contributed by atoms with Crippen LogP contribution in [0.4, 0.5) is 0 Å². The second-order valence-corrected chi connectivity index (χ2v) is 4.84. The maximum atomic E-state index is 5.92. The van der Waals surface area contributed by atoms with Gasteiger partial charge in [0.05, 0.1) is 19.6 Å². The minimum Gasteiger partial charge on any atom is -0.497 e. The lowest BCUT2D eigenvalue weighted by Gasteiger charge is -2.14. The molecule has 0 aliphatic heterocycles. The van der Waals surface area contributed by atoms with Gasteiger partial charge in [-0.05, 0) is 37.0 Å². The zero-order valence-electron chi connectivity index (χ0n) is 10.2.